The number of carbonyl (C=O) groups is 1. The molecular weight excluding hydrogens is 318 g/mol. The fraction of sp³-hybridized carbons (Fsp3) is 0.684. The van der Waals surface area contributed by atoms with E-state index in [0.29, 0.717) is 12.6 Å². The molecule has 1 aromatic rings. The van der Waals surface area contributed by atoms with Crippen molar-refractivity contribution in [1.29, 1.82) is 0 Å². The highest BCUT2D eigenvalue weighted by Gasteiger charge is 2.43. The lowest BCUT2D eigenvalue weighted by molar-refractivity contribution is -0.139. The molecule has 0 radical (unpaired) electrons. The third kappa shape index (κ3) is 3.86. The molecular formula is C19H27N3O3. The molecule has 1 aromatic heterocycles. The minimum atomic E-state index is 0.0154. The second kappa shape index (κ2) is 7.81. The SMILES string of the molecule is O=C(Nc1cccnc1)[C@@H]1CCO[C@@H]2CCN(C3CCOCC3)C[C@H]21. The van der Waals surface area contributed by atoms with Crippen LogP contribution in [0.1, 0.15) is 25.7 Å². The lowest BCUT2D eigenvalue weighted by Crippen LogP contribution is -2.55. The summed E-state index contributed by atoms with van der Waals surface area (Å²) in [7, 11) is 0. The molecule has 4 rings (SSSR count). The number of carbonyl (C=O) groups excluding carboxylic acids is 1. The maximum atomic E-state index is 12.9. The van der Waals surface area contributed by atoms with Crippen LogP contribution in [-0.2, 0) is 14.3 Å². The largest absolute Gasteiger partial charge is 0.381 e. The van der Waals surface area contributed by atoms with Gasteiger partial charge in [-0.1, -0.05) is 0 Å². The van der Waals surface area contributed by atoms with Gasteiger partial charge in [-0.3, -0.25) is 14.7 Å². The van der Waals surface area contributed by atoms with Crippen LogP contribution in [0.3, 0.4) is 0 Å². The zero-order valence-electron chi connectivity index (χ0n) is 14.6. The Morgan fingerprint density at radius 1 is 1.20 bits per heavy atom. The number of aromatic nitrogens is 1. The first-order valence-electron chi connectivity index (χ1n) is 9.45. The molecule has 136 valence electrons. The van der Waals surface area contributed by atoms with Crippen LogP contribution in [0.5, 0.6) is 0 Å². The Bertz CT molecular complexity index is 577. The molecule has 0 saturated carbocycles. The predicted molar refractivity (Wildman–Crippen MR) is 94.2 cm³/mol. The van der Waals surface area contributed by atoms with Crippen LogP contribution >= 0.6 is 0 Å². The topological polar surface area (TPSA) is 63.7 Å². The molecule has 3 aliphatic rings. The third-order valence-electron chi connectivity index (χ3n) is 5.87. The van der Waals surface area contributed by atoms with Gasteiger partial charge in [0.2, 0.25) is 5.91 Å². The summed E-state index contributed by atoms with van der Waals surface area (Å²) >= 11 is 0. The molecule has 4 heterocycles. The fourth-order valence-electron chi connectivity index (χ4n) is 4.52. The maximum absolute atomic E-state index is 12.9. The smallest absolute Gasteiger partial charge is 0.228 e. The van der Waals surface area contributed by atoms with Crippen molar-refractivity contribution in [3.8, 4) is 0 Å². The molecule has 0 bridgehead atoms. The van der Waals surface area contributed by atoms with Gasteiger partial charge >= 0.3 is 0 Å². The molecule has 25 heavy (non-hydrogen) atoms. The van der Waals surface area contributed by atoms with Gasteiger partial charge in [0.05, 0.1) is 18.0 Å². The zero-order valence-corrected chi connectivity index (χ0v) is 14.6. The molecule has 6 nitrogen and oxygen atoms in total. The number of pyridine rings is 1. The molecule has 6 heteroatoms. The van der Waals surface area contributed by atoms with Gasteiger partial charge in [-0.15, -0.1) is 0 Å². The van der Waals surface area contributed by atoms with Crippen molar-refractivity contribution in [2.75, 3.05) is 38.2 Å². The number of nitrogens with one attached hydrogen (secondary N) is 1. The van der Waals surface area contributed by atoms with Crippen LogP contribution in [-0.4, -0.2) is 60.8 Å². The highest BCUT2D eigenvalue weighted by atomic mass is 16.5. The van der Waals surface area contributed by atoms with Crippen LogP contribution in [0, 0.1) is 11.8 Å². The van der Waals surface area contributed by atoms with E-state index in [1.165, 1.54) is 0 Å². The van der Waals surface area contributed by atoms with E-state index < -0.39 is 0 Å². The second-order valence-corrected chi connectivity index (χ2v) is 7.33. The van der Waals surface area contributed by atoms with Gasteiger partial charge in [-0.25, -0.2) is 0 Å². The zero-order chi connectivity index (χ0) is 17.1. The molecule has 0 aliphatic carbocycles. The Morgan fingerprint density at radius 3 is 2.88 bits per heavy atom. The number of anilines is 1. The molecule has 0 unspecified atom stereocenters. The first kappa shape index (κ1) is 16.9. The average Bonchev–Trinajstić information content (AvgIpc) is 2.68. The molecule has 0 aromatic carbocycles. The van der Waals surface area contributed by atoms with Crippen molar-refractivity contribution in [1.82, 2.24) is 9.88 Å². The second-order valence-electron chi connectivity index (χ2n) is 7.33. The molecule has 3 fully saturated rings. The van der Waals surface area contributed by atoms with Gasteiger partial charge in [0, 0.05) is 57.0 Å². The Labute approximate surface area is 148 Å². The quantitative estimate of drug-likeness (QED) is 0.907. The summed E-state index contributed by atoms with van der Waals surface area (Å²) in [4.78, 5) is 19.5. The van der Waals surface area contributed by atoms with Crippen LogP contribution in [0.2, 0.25) is 0 Å². The summed E-state index contributed by atoms with van der Waals surface area (Å²) in [5, 5.41) is 3.04. The van der Waals surface area contributed by atoms with E-state index in [2.05, 4.69) is 15.2 Å². The summed E-state index contributed by atoms with van der Waals surface area (Å²) in [5.41, 5.74) is 0.771. The van der Waals surface area contributed by atoms with Crippen molar-refractivity contribution < 1.29 is 14.3 Å². The van der Waals surface area contributed by atoms with E-state index >= 15 is 0 Å². The van der Waals surface area contributed by atoms with E-state index in [-0.39, 0.29) is 23.8 Å². The van der Waals surface area contributed by atoms with Crippen molar-refractivity contribution in [2.24, 2.45) is 11.8 Å². The highest BCUT2D eigenvalue weighted by Crippen LogP contribution is 2.35. The van der Waals surface area contributed by atoms with E-state index in [1.54, 1.807) is 12.4 Å². The number of ether oxygens (including phenoxy) is 2. The molecule has 3 saturated heterocycles. The Balaban J connectivity index is 1.43. The Kier molecular flexibility index (Phi) is 5.29. The first-order chi connectivity index (χ1) is 12.3. The van der Waals surface area contributed by atoms with Crippen molar-refractivity contribution >= 4 is 11.6 Å². The van der Waals surface area contributed by atoms with Crippen LogP contribution < -0.4 is 5.32 Å². The first-order valence-corrected chi connectivity index (χ1v) is 9.45. The van der Waals surface area contributed by atoms with Crippen molar-refractivity contribution in [2.45, 2.75) is 37.8 Å². The number of hydrogen-bond acceptors (Lipinski definition) is 5. The summed E-state index contributed by atoms with van der Waals surface area (Å²) in [6.45, 7) is 4.43. The maximum Gasteiger partial charge on any atom is 0.228 e. The number of likely N-dealkylation sites (tertiary alicyclic amines) is 1. The predicted octanol–water partition coefficient (Wildman–Crippen LogP) is 1.93. The minimum Gasteiger partial charge on any atom is -0.381 e. The molecule has 3 aliphatic heterocycles. The summed E-state index contributed by atoms with van der Waals surface area (Å²) < 4.78 is 11.5. The van der Waals surface area contributed by atoms with E-state index in [9.17, 15) is 4.79 Å². The Morgan fingerprint density at radius 2 is 2.08 bits per heavy atom. The van der Waals surface area contributed by atoms with Gasteiger partial charge in [0.15, 0.2) is 0 Å². The van der Waals surface area contributed by atoms with Crippen LogP contribution in [0.15, 0.2) is 24.5 Å². The Hall–Kier alpha value is -1.50. The van der Waals surface area contributed by atoms with E-state index in [4.69, 9.17) is 9.47 Å². The number of piperidine rings is 1. The van der Waals surface area contributed by atoms with Crippen molar-refractivity contribution in [3.63, 3.8) is 0 Å². The number of hydrogen-bond donors (Lipinski definition) is 1. The average molecular weight is 345 g/mol. The number of nitrogens with zero attached hydrogens (tertiary/aromatic N) is 2. The molecule has 1 N–H and O–H groups in total. The number of fused-ring (bicyclic) bond motifs is 1. The van der Waals surface area contributed by atoms with Gasteiger partial charge in [0.25, 0.3) is 0 Å². The standard InChI is InChI=1S/C19H27N3O3/c23-19(21-14-2-1-7-20-12-14)16-6-11-25-18-3-8-22(13-17(16)18)15-4-9-24-10-5-15/h1-2,7,12,15-18H,3-6,8-11,13H2,(H,21,23)/t16-,17+,18-/m1/s1. The van der Waals surface area contributed by atoms with E-state index in [1.807, 2.05) is 12.1 Å². The van der Waals surface area contributed by atoms with Gasteiger partial charge < -0.3 is 14.8 Å². The minimum absolute atomic E-state index is 0.0154. The lowest BCUT2D eigenvalue weighted by Gasteiger charge is -2.47. The molecule has 1 amide bonds. The normalized spacial score (nSPS) is 31.3. The molecule has 3 atom stereocenters. The summed E-state index contributed by atoms with van der Waals surface area (Å²) in [5.74, 6) is 0.406. The van der Waals surface area contributed by atoms with Gasteiger partial charge in [0.1, 0.15) is 0 Å². The van der Waals surface area contributed by atoms with Gasteiger partial charge in [-0.05, 0) is 37.8 Å². The fourth-order valence-corrected chi connectivity index (χ4v) is 4.52. The molecule has 0 spiro atoms. The van der Waals surface area contributed by atoms with Crippen LogP contribution in [0.25, 0.3) is 0 Å². The van der Waals surface area contributed by atoms with Crippen LogP contribution in [0.4, 0.5) is 5.69 Å². The van der Waals surface area contributed by atoms with Crippen molar-refractivity contribution in [3.05, 3.63) is 24.5 Å². The highest BCUT2D eigenvalue weighted by molar-refractivity contribution is 5.92. The van der Waals surface area contributed by atoms with E-state index in [0.717, 1.165) is 57.7 Å². The third-order valence-corrected chi connectivity index (χ3v) is 5.87. The monoisotopic (exact) mass is 345 g/mol. The lowest BCUT2D eigenvalue weighted by atomic mass is 9.78. The van der Waals surface area contributed by atoms with Gasteiger partial charge in [-0.2, -0.15) is 0 Å². The number of amides is 1. The number of rotatable bonds is 3. The summed E-state index contributed by atoms with van der Waals surface area (Å²) in [6.07, 6.45) is 7.66. The summed E-state index contributed by atoms with van der Waals surface area (Å²) in [6, 6.07) is 4.32.